The number of nitrogens with two attached hydrogens (primary N) is 1. The predicted molar refractivity (Wildman–Crippen MR) is 110 cm³/mol. The Balaban J connectivity index is 1.47. The van der Waals surface area contributed by atoms with Gasteiger partial charge in [-0.3, -0.25) is 14.7 Å². The third-order valence-corrected chi connectivity index (χ3v) is 5.97. The largest absolute Gasteiger partial charge is 0.364 e. The number of hydrogen-bond donors (Lipinski definition) is 2. The fourth-order valence-electron chi connectivity index (χ4n) is 4.39. The summed E-state index contributed by atoms with van der Waals surface area (Å²) in [6.45, 7) is 5.55. The van der Waals surface area contributed by atoms with Gasteiger partial charge in [0.15, 0.2) is 0 Å². The average molecular weight is 396 g/mol. The molecule has 4 rings (SSSR count). The van der Waals surface area contributed by atoms with Crippen LogP contribution in [0, 0.1) is 5.92 Å². The summed E-state index contributed by atoms with van der Waals surface area (Å²) in [5.41, 5.74) is 7.06. The summed E-state index contributed by atoms with van der Waals surface area (Å²) in [7, 11) is 0. The van der Waals surface area contributed by atoms with Gasteiger partial charge in [-0.25, -0.2) is 4.98 Å². The van der Waals surface area contributed by atoms with E-state index in [4.69, 9.17) is 5.73 Å². The maximum absolute atomic E-state index is 13.2. The number of hydrogen-bond acceptors (Lipinski definition) is 5. The molecule has 0 bridgehead atoms. The van der Waals surface area contributed by atoms with Gasteiger partial charge in [0, 0.05) is 49.6 Å². The van der Waals surface area contributed by atoms with Crippen molar-refractivity contribution in [2.24, 2.45) is 11.7 Å². The first kappa shape index (κ1) is 19.4. The lowest BCUT2D eigenvalue weighted by Gasteiger charge is -2.33. The molecule has 8 nitrogen and oxygen atoms in total. The Morgan fingerprint density at radius 1 is 1.17 bits per heavy atom. The van der Waals surface area contributed by atoms with E-state index in [1.54, 1.807) is 18.3 Å². The van der Waals surface area contributed by atoms with Crippen molar-refractivity contribution in [2.75, 3.05) is 31.1 Å². The summed E-state index contributed by atoms with van der Waals surface area (Å²) in [6.07, 6.45) is 5.99. The lowest BCUT2D eigenvalue weighted by Crippen LogP contribution is -2.39. The van der Waals surface area contributed by atoms with Crippen molar-refractivity contribution in [3.05, 3.63) is 41.3 Å². The van der Waals surface area contributed by atoms with Crippen molar-refractivity contribution in [1.82, 2.24) is 20.1 Å². The second-order valence-electron chi connectivity index (χ2n) is 8.26. The van der Waals surface area contributed by atoms with Crippen LogP contribution in [0.25, 0.3) is 0 Å². The lowest BCUT2D eigenvalue weighted by molar-refractivity contribution is 0.0705. The molecule has 4 heterocycles. The molecule has 2 unspecified atom stereocenters. The highest BCUT2D eigenvalue weighted by atomic mass is 16.2. The van der Waals surface area contributed by atoms with E-state index in [9.17, 15) is 9.59 Å². The molecule has 0 spiro atoms. The van der Waals surface area contributed by atoms with Gasteiger partial charge in [-0.2, -0.15) is 5.10 Å². The summed E-state index contributed by atoms with van der Waals surface area (Å²) in [4.78, 5) is 33.1. The number of H-pyrrole nitrogens is 1. The number of amides is 2. The summed E-state index contributed by atoms with van der Waals surface area (Å²) >= 11 is 0. The van der Waals surface area contributed by atoms with Crippen molar-refractivity contribution < 1.29 is 9.59 Å². The van der Waals surface area contributed by atoms with E-state index < -0.39 is 5.91 Å². The van der Waals surface area contributed by atoms with Gasteiger partial charge in [-0.1, -0.05) is 6.92 Å². The Hall–Kier alpha value is -2.90. The highest BCUT2D eigenvalue weighted by Gasteiger charge is 2.28. The minimum atomic E-state index is -0.549. The molecule has 3 N–H and O–H groups in total. The van der Waals surface area contributed by atoms with Gasteiger partial charge in [-0.05, 0) is 49.8 Å². The minimum Gasteiger partial charge on any atom is -0.364 e. The standard InChI is InChI=1S/C21H28N6O2/c1-14-4-2-8-26(12-14)19-10-15(6-7-23-19)21(29)27-9-3-5-16(13-27)17-11-18(20(22)28)25-24-17/h6-7,10-11,14,16H,2-5,8-9,12-13H2,1H3,(H2,22,28)(H,24,25). The van der Waals surface area contributed by atoms with Crippen LogP contribution in [0.3, 0.4) is 0 Å². The smallest absolute Gasteiger partial charge is 0.269 e. The number of aromatic amines is 1. The normalized spacial score (nSPS) is 22.5. The van der Waals surface area contributed by atoms with E-state index in [-0.39, 0.29) is 17.5 Å². The average Bonchev–Trinajstić information content (AvgIpc) is 3.24. The number of piperidine rings is 2. The van der Waals surface area contributed by atoms with Crippen LogP contribution < -0.4 is 10.6 Å². The zero-order valence-electron chi connectivity index (χ0n) is 16.8. The molecule has 0 saturated carbocycles. The molecule has 2 aliphatic heterocycles. The zero-order valence-corrected chi connectivity index (χ0v) is 16.8. The molecular formula is C21H28N6O2. The Labute approximate surface area is 170 Å². The molecule has 2 aromatic heterocycles. The maximum atomic E-state index is 13.2. The SMILES string of the molecule is CC1CCCN(c2cc(C(=O)N3CCCC(c4cc(C(N)=O)n[nH]4)C3)ccn2)C1. The maximum Gasteiger partial charge on any atom is 0.269 e. The number of nitrogens with one attached hydrogen (secondary N) is 1. The van der Waals surface area contributed by atoms with Crippen molar-refractivity contribution in [2.45, 2.75) is 38.5 Å². The molecule has 2 aromatic rings. The second-order valence-corrected chi connectivity index (χ2v) is 8.26. The van der Waals surface area contributed by atoms with Gasteiger partial charge in [0.2, 0.25) is 0 Å². The molecule has 2 aliphatic rings. The molecule has 0 aliphatic carbocycles. The van der Waals surface area contributed by atoms with Crippen LogP contribution in [0.15, 0.2) is 24.4 Å². The molecule has 2 amide bonds. The number of nitrogens with zero attached hydrogens (tertiary/aromatic N) is 4. The number of carbonyl (C=O) groups excluding carboxylic acids is 2. The van der Waals surface area contributed by atoms with Crippen LogP contribution in [-0.2, 0) is 0 Å². The number of aromatic nitrogens is 3. The number of likely N-dealkylation sites (tertiary alicyclic amines) is 1. The van der Waals surface area contributed by atoms with Crippen LogP contribution in [0.4, 0.5) is 5.82 Å². The number of primary amides is 1. The molecule has 154 valence electrons. The quantitative estimate of drug-likeness (QED) is 0.823. The summed E-state index contributed by atoms with van der Waals surface area (Å²) in [5.74, 6) is 1.13. The van der Waals surface area contributed by atoms with Crippen LogP contribution in [0.5, 0.6) is 0 Å². The third kappa shape index (κ3) is 4.26. The summed E-state index contributed by atoms with van der Waals surface area (Å²) in [6, 6.07) is 5.42. The second kappa shape index (κ2) is 8.23. The number of rotatable bonds is 4. The van der Waals surface area contributed by atoms with E-state index >= 15 is 0 Å². The number of carbonyl (C=O) groups is 2. The van der Waals surface area contributed by atoms with E-state index in [1.165, 1.54) is 6.42 Å². The van der Waals surface area contributed by atoms with E-state index in [0.29, 0.717) is 18.0 Å². The van der Waals surface area contributed by atoms with Gasteiger partial charge in [0.1, 0.15) is 11.5 Å². The highest BCUT2D eigenvalue weighted by molar-refractivity contribution is 5.95. The zero-order chi connectivity index (χ0) is 20.4. The van der Waals surface area contributed by atoms with Crippen LogP contribution >= 0.6 is 0 Å². The molecule has 0 aromatic carbocycles. The number of anilines is 1. The predicted octanol–water partition coefficient (Wildman–Crippen LogP) is 2.16. The first-order chi connectivity index (χ1) is 14.0. The number of pyridine rings is 1. The van der Waals surface area contributed by atoms with Gasteiger partial charge >= 0.3 is 0 Å². The monoisotopic (exact) mass is 396 g/mol. The minimum absolute atomic E-state index is 0.0260. The Kier molecular flexibility index (Phi) is 5.51. The summed E-state index contributed by atoms with van der Waals surface area (Å²) in [5, 5.41) is 6.88. The molecule has 8 heteroatoms. The fraction of sp³-hybridized carbons (Fsp3) is 0.524. The Morgan fingerprint density at radius 2 is 2.00 bits per heavy atom. The van der Waals surface area contributed by atoms with E-state index in [0.717, 1.165) is 50.4 Å². The molecule has 29 heavy (non-hydrogen) atoms. The topological polar surface area (TPSA) is 108 Å². The van der Waals surface area contributed by atoms with Crippen molar-refractivity contribution >= 4 is 17.6 Å². The van der Waals surface area contributed by atoms with E-state index in [1.807, 2.05) is 11.0 Å². The van der Waals surface area contributed by atoms with Crippen LogP contribution in [0.1, 0.15) is 65.1 Å². The first-order valence-electron chi connectivity index (χ1n) is 10.4. The van der Waals surface area contributed by atoms with Gasteiger partial charge in [0.05, 0.1) is 0 Å². The van der Waals surface area contributed by atoms with Crippen molar-refractivity contribution in [1.29, 1.82) is 0 Å². The highest BCUT2D eigenvalue weighted by Crippen LogP contribution is 2.28. The van der Waals surface area contributed by atoms with Crippen molar-refractivity contribution in [3.8, 4) is 0 Å². The Morgan fingerprint density at radius 3 is 2.76 bits per heavy atom. The fourth-order valence-corrected chi connectivity index (χ4v) is 4.39. The van der Waals surface area contributed by atoms with Gasteiger partial charge in [0.25, 0.3) is 11.8 Å². The van der Waals surface area contributed by atoms with Gasteiger partial charge in [-0.15, -0.1) is 0 Å². The Bertz CT molecular complexity index is 895. The van der Waals surface area contributed by atoms with Gasteiger partial charge < -0.3 is 15.5 Å². The lowest BCUT2D eigenvalue weighted by atomic mass is 9.94. The summed E-state index contributed by atoms with van der Waals surface area (Å²) < 4.78 is 0. The van der Waals surface area contributed by atoms with Crippen LogP contribution in [-0.4, -0.2) is 58.1 Å². The molecule has 2 atom stereocenters. The third-order valence-electron chi connectivity index (χ3n) is 5.97. The molecular weight excluding hydrogens is 368 g/mol. The van der Waals surface area contributed by atoms with E-state index in [2.05, 4.69) is 27.0 Å². The van der Waals surface area contributed by atoms with Crippen molar-refractivity contribution in [3.63, 3.8) is 0 Å². The first-order valence-corrected chi connectivity index (χ1v) is 10.4. The molecule has 0 radical (unpaired) electrons. The van der Waals surface area contributed by atoms with Crippen LogP contribution in [0.2, 0.25) is 0 Å². The molecule has 2 saturated heterocycles. The molecule has 2 fully saturated rings.